The van der Waals surface area contributed by atoms with Crippen molar-refractivity contribution in [3.63, 3.8) is 0 Å². The van der Waals surface area contributed by atoms with Gasteiger partial charge < -0.3 is 35.3 Å². The van der Waals surface area contributed by atoms with Gasteiger partial charge in [-0.2, -0.15) is 0 Å². The van der Waals surface area contributed by atoms with E-state index >= 15 is 0 Å². The van der Waals surface area contributed by atoms with Gasteiger partial charge in [0.15, 0.2) is 0 Å². The van der Waals surface area contributed by atoms with Crippen molar-refractivity contribution in [2.75, 3.05) is 52.9 Å². The van der Waals surface area contributed by atoms with Crippen molar-refractivity contribution >= 4 is 23.8 Å². The number of aliphatic hydroxyl groups excluding tert-OH is 1. The minimum Gasteiger partial charge on any atom is -0.391 e. The second-order valence-electron chi connectivity index (χ2n) is 16.3. The number of hydrogen-bond donors (Lipinski definition) is 3. The number of benzene rings is 1. The van der Waals surface area contributed by atoms with Crippen LogP contribution in [0.15, 0.2) is 30.3 Å². The number of likely N-dealkylation sites (N-methyl/N-ethyl adjacent to an activating group) is 1. The fourth-order valence-corrected chi connectivity index (χ4v) is 8.38. The van der Waals surface area contributed by atoms with Crippen LogP contribution < -0.4 is 10.6 Å². The van der Waals surface area contributed by atoms with Crippen molar-refractivity contribution in [1.82, 2.24) is 30.2 Å². The molecule has 2 saturated heterocycles. The number of unbranched alkanes of at least 4 members (excludes halogenated alkanes) is 2. The molecule has 5 amide bonds. The van der Waals surface area contributed by atoms with E-state index in [0.717, 1.165) is 70.0 Å². The quantitative estimate of drug-likeness (QED) is 0.181. The topological polar surface area (TPSA) is 126 Å². The van der Waals surface area contributed by atoms with Crippen molar-refractivity contribution in [1.29, 1.82) is 0 Å². The molecule has 0 radical (unpaired) electrons. The van der Waals surface area contributed by atoms with Gasteiger partial charge in [-0.25, -0.2) is 4.79 Å². The van der Waals surface area contributed by atoms with Crippen LogP contribution in [0.2, 0.25) is 0 Å². The zero-order valence-corrected chi connectivity index (χ0v) is 33.4. The maximum Gasteiger partial charge on any atom is 0.320 e. The zero-order chi connectivity index (χ0) is 38.3. The van der Waals surface area contributed by atoms with Crippen molar-refractivity contribution in [3.8, 4) is 0 Å². The van der Waals surface area contributed by atoms with Crippen LogP contribution in [0.3, 0.4) is 0 Å². The molecular formula is C42H70N6O5. The SMILES string of the molecule is CCCCNC(=O)[C@@H](C[C@H](O)[C@H](CC1CCCCC1)NC(=O)[C@@H](CCCC)N1CCN(C(=O)N2CCN(C)CC2)[C@@H](Cc2ccccc2)C1=O)C(C)C. The van der Waals surface area contributed by atoms with Crippen LogP contribution in [0.5, 0.6) is 0 Å². The minimum atomic E-state index is -0.906. The van der Waals surface area contributed by atoms with Gasteiger partial charge in [-0.3, -0.25) is 14.4 Å². The fraction of sp³-hybridized carbons (Fsp3) is 0.762. The molecule has 11 heteroatoms. The Bertz CT molecular complexity index is 1280. The highest BCUT2D eigenvalue weighted by Gasteiger charge is 2.44. The number of carbonyl (C=O) groups is 4. The van der Waals surface area contributed by atoms with Crippen LogP contribution in [-0.2, 0) is 20.8 Å². The highest BCUT2D eigenvalue weighted by molar-refractivity contribution is 5.93. The average Bonchev–Trinajstić information content (AvgIpc) is 3.15. The Labute approximate surface area is 319 Å². The number of nitrogens with one attached hydrogen (secondary N) is 2. The molecule has 0 unspecified atom stereocenters. The van der Waals surface area contributed by atoms with Gasteiger partial charge in [0.25, 0.3) is 0 Å². The van der Waals surface area contributed by atoms with Crippen LogP contribution >= 0.6 is 0 Å². The van der Waals surface area contributed by atoms with Gasteiger partial charge >= 0.3 is 6.03 Å². The molecule has 0 spiro atoms. The second-order valence-corrected chi connectivity index (χ2v) is 16.3. The van der Waals surface area contributed by atoms with Crippen LogP contribution in [-0.4, -0.2) is 126 Å². The lowest BCUT2D eigenvalue weighted by atomic mass is 9.81. The van der Waals surface area contributed by atoms with E-state index in [1.807, 2.05) is 49.1 Å². The number of carbonyl (C=O) groups excluding carboxylic acids is 4. The van der Waals surface area contributed by atoms with Crippen LogP contribution in [0.1, 0.15) is 110 Å². The molecule has 3 aliphatic rings. The van der Waals surface area contributed by atoms with Crippen molar-refractivity contribution in [3.05, 3.63) is 35.9 Å². The summed E-state index contributed by atoms with van der Waals surface area (Å²) in [7, 11) is 2.05. The summed E-state index contributed by atoms with van der Waals surface area (Å²) in [4.78, 5) is 64.0. The van der Waals surface area contributed by atoms with Crippen molar-refractivity contribution in [2.24, 2.45) is 17.8 Å². The monoisotopic (exact) mass is 739 g/mol. The molecule has 3 N–H and O–H groups in total. The first-order chi connectivity index (χ1) is 25.5. The van der Waals surface area contributed by atoms with Gasteiger partial charge in [0.05, 0.1) is 12.1 Å². The van der Waals surface area contributed by atoms with E-state index in [2.05, 4.69) is 36.4 Å². The molecule has 3 fully saturated rings. The Morgan fingerprint density at radius 1 is 0.887 bits per heavy atom. The first-order valence-electron chi connectivity index (χ1n) is 20.9. The van der Waals surface area contributed by atoms with Crippen molar-refractivity contribution < 1.29 is 24.3 Å². The van der Waals surface area contributed by atoms with Crippen LogP contribution in [0, 0.1) is 17.8 Å². The Hall–Kier alpha value is -3.18. The molecule has 0 aromatic heterocycles. The van der Waals surface area contributed by atoms with Gasteiger partial charge in [-0.15, -0.1) is 0 Å². The summed E-state index contributed by atoms with van der Waals surface area (Å²) in [5, 5.41) is 18.2. The molecule has 4 rings (SSSR count). The third-order valence-corrected chi connectivity index (χ3v) is 11.9. The van der Waals surface area contributed by atoms with Crippen LogP contribution in [0.25, 0.3) is 0 Å². The Morgan fingerprint density at radius 3 is 2.21 bits per heavy atom. The number of piperazine rings is 2. The summed E-state index contributed by atoms with van der Waals surface area (Å²) >= 11 is 0. The third kappa shape index (κ3) is 12.4. The van der Waals surface area contributed by atoms with Crippen molar-refractivity contribution in [2.45, 2.75) is 135 Å². The summed E-state index contributed by atoms with van der Waals surface area (Å²) in [5.41, 5.74) is 0.965. The van der Waals surface area contributed by atoms with E-state index in [1.165, 1.54) is 6.42 Å². The highest BCUT2D eigenvalue weighted by Crippen LogP contribution is 2.30. The van der Waals surface area contributed by atoms with Gasteiger partial charge in [0, 0.05) is 58.2 Å². The van der Waals surface area contributed by atoms with E-state index in [4.69, 9.17) is 0 Å². The lowest BCUT2D eigenvalue weighted by molar-refractivity contribution is -0.149. The lowest BCUT2D eigenvalue weighted by Gasteiger charge is -2.46. The second kappa shape index (κ2) is 21.6. The third-order valence-electron chi connectivity index (χ3n) is 11.9. The number of amides is 5. The molecule has 1 aromatic rings. The fourth-order valence-electron chi connectivity index (χ4n) is 8.38. The number of aliphatic hydroxyl groups is 1. The maximum absolute atomic E-state index is 14.7. The van der Waals surface area contributed by atoms with Gasteiger partial charge in [-0.05, 0) is 50.1 Å². The maximum atomic E-state index is 14.7. The smallest absolute Gasteiger partial charge is 0.320 e. The average molecular weight is 739 g/mol. The first-order valence-corrected chi connectivity index (χ1v) is 20.9. The summed E-state index contributed by atoms with van der Waals surface area (Å²) in [5.74, 6) is -0.470. The molecule has 2 aliphatic heterocycles. The molecule has 2 heterocycles. The molecule has 53 heavy (non-hydrogen) atoms. The number of urea groups is 1. The van der Waals surface area contributed by atoms with E-state index in [1.54, 1.807) is 9.80 Å². The van der Waals surface area contributed by atoms with Gasteiger partial charge in [-0.1, -0.05) is 109 Å². The number of hydrogen-bond acceptors (Lipinski definition) is 6. The molecule has 1 aromatic carbocycles. The van der Waals surface area contributed by atoms with Gasteiger partial charge in [0.2, 0.25) is 17.7 Å². The highest BCUT2D eigenvalue weighted by atomic mass is 16.3. The Morgan fingerprint density at radius 2 is 1.57 bits per heavy atom. The lowest BCUT2D eigenvalue weighted by Crippen LogP contribution is -2.66. The minimum absolute atomic E-state index is 0.0265. The summed E-state index contributed by atoms with van der Waals surface area (Å²) in [6, 6.07) is 7.71. The zero-order valence-electron chi connectivity index (χ0n) is 33.4. The summed E-state index contributed by atoms with van der Waals surface area (Å²) < 4.78 is 0. The standard InChI is InChI=1S/C42H70N6O5/c1-6-8-20-36(40(51)44-35(28-32-16-12-10-13-17-32)38(49)30-34(31(3)4)39(50)43-21-9-7-2)47-26-27-48(42(53)46-24-22-45(5)23-25-46)37(41(47)52)29-33-18-14-11-15-19-33/h11,14-15,18-19,31-32,34-38,49H,6-10,12-13,16-17,20-30H2,1-5H3,(H,43,50)(H,44,51)/t34-,35-,36+,37-,38-/m0/s1. The molecule has 298 valence electrons. The molecule has 11 nitrogen and oxygen atoms in total. The van der Waals surface area contributed by atoms with E-state index in [-0.39, 0.29) is 48.6 Å². The largest absolute Gasteiger partial charge is 0.391 e. The van der Waals surface area contributed by atoms with Gasteiger partial charge in [0.1, 0.15) is 12.1 Å². The number of rotatable bonds is 18. The number of nitrogens with zero attached hydrogens (tertiary/aromatic N) is 4. The summed E-state index contributed by atoms with van der Waals surface area (Å²) in [6.45, 7) is 12.2. The molecular weight excluding hydrogens is 668 g/mol. The van der Waals surface area contributed by atoms with E-state index < -0.39 is 24.2 Å². The molecule has 1 saturated carbocycles. The molecule has 1 aliphatic carbocycles. The predicted molar refractivity (Wildman–Crippen MR) is 210 cm³/mol. The normalized spacial score (nSPS) is 21.3. The summed E-state index contributed by atoms with van der Waals surface area (Å²) in [6.07, 6.45) is 10.0. The van der Waals surface area contributed by atoms with E-state index in [0.29, 0.717) is 51.4 Å². The Kier molecular flexibility index (Phi) is 17.4. The first kappa shape index (κ1) is 42.6. The van der Waals surface area contributed by atoms with E-state index in [9.17, 15) is 24.3 Å². The Balaban J connectivity index is 1.57. The molecule has 0 bridgehead atoms. The molecule has 5 atom stereocenters. The van der Waals surface area contributed by atoms with Crippen LogP contribution in [0.4, 0.5) is 4.79 Å². The predicted octanol–water partition coefficient (Wildman–Crippen LogP) is 5.06.